The summed E-state index contributed by atoms with van der Waals surface area (Å²) in [6.45, 7) is 4.56. The number of hydrogen-bond acceptors (Lipinski definition) is 6. The van der Waals surface area contributed by atoms with Gasteiger partial charge in [0.2, 0.25) is 0 Å². The molecular formula is C9H12N4OS. The van der Waals surface area contributed by atoms with Gasteiger partial charge in [0.15, 0.2) is 5.82 Å². The summed E-state index contributed by atoms with van der Waals surface area (Å²) in [6.07, 6.45) is 2.85. The lowest BCUT2D eigenvalue weighted by atomic mass is 10.5. The van der Waals surface area contributed by atoms with Gasteiger partial charge in [0.05, 0.1) is 11.6 Å². The van der Waals surface area contributed by atoms with Gasteiger partial charge < -0.3 is 9.84 Å². The van der Waals surface area contributed by atoms with Crippen LogP contribution >= 0.6 is 11.3 Å². The van der Waals surface area contributed by atoms with Crippen LogP contribution in [0.4, 0.5) is 6.01 Å². The lowest BCUT2D eigenvalue weighted by Gasteiger charge is -1.95. The van der Waals surface area contributed by atoms with E-state index in [-0.39, 0.29) is 0 Å². The Morgan fingerprint density at radius 1 is 1.53 bits per heavy atom. The summed E-state index contributed by atoms with van der Waals surface area (Å²) in [6, 6.07) is 0.457. The maximum absolute atomic E-state index is 4.93. The first-order valence-electron chi connectivity index (χ1n) is 4.75. The lowest BCUT2D eigenvalue weighted by Crippen LogP contribution is -1.97. The topological polar surface area (TPSA) is 63.8 Å². The lowest BCUT2D eigenvalue weighted by molar-refractivity contribution is 0.425. The minimum absolute atomic E-state index is 0.457. The average molecular weight is 224 g/mol. The van der Waals surface area contributed by atoms with Crippen LogP contribution in [0.5, 0.6) is 0 Å². The van der Waals surface area contributed by atoms with Crippen molar-refractivity contribution in [2.75, 3.05) is 5.32 Å². The van der Waals surface area contributed by atoms with Crippen molar-refractivity contribution in [2.45, 2.75) is 26.8 Å². The van der Waals surface area contributed by atoms with E-state index in [1.54, 1.807) is 18.3 Å². The maximum Gasteiger partial charge on any atom is 0.321 e. The summed E-state index contributed by atoms with van der Waals surface area (Å²) in [7, 11) is 0. The van der Waals surface area contributed by atoms with Crippen LogP contribution < -0.4 is 5.32 Å². The van der Waals surface area contributed by atoms with Crippen molar-refractivity contribution in [3.8, 4) is 0 Å². The molecule has 0 aliphatic rings. The quantitative estimate of drug-likeness (QED) is 0.860. The van der Waals surface area contributed by atoms with Gasteiger partial charge in [0.25, 0.3) is 0 Å². The van der Waals surface area contributed by atoms with E-state index < -0.39 is 0 Å². The summed E-state index contributed by atoms with van der Waals surface area (Å²) in [5.41, 5.74) is 0. The third-order valence-electron chi connectivity index (χ3n) is 1.85. The first kappa shape index (κ1) is 10.1. The first-order chi connectivity index (χ1) is 7.28. The molecule has 80 valence electrons. The molecule has 0 saturated heterocycles. The van der Waals surface area contributed by atoms with Crippen LogP contribution in [0.1, 0.15) is 22.6 Å². The van der Waals surface area contributed by atoms with E-state index in [1.807, 2.05) is 6.20 Å². The van der Waals surface area contributed by atoms with Crippen molar-refractivity contribution in [3.05, 3.63) is 21.9 Å². The number of thiazole rings is 1. The van der Waals surface area contributed by atoms with E-state index in [4.69, 9.17) is 4.52 Å². The Labute approximate surface area is 91.5 Å². The number of aryl methyl sites for hydroxylation is 2. The largest absolute Gasteiger partial charge is 0.333 e. The van der Waals surface area contributed by atoms with E-state index in [9.17, 15) is 0 Å². The molecule has 15 heavy (non-hydrogen) atoms. The molecule has 0 unspecified atom stereocenters. The van der Waals surface area contributed by atoms with Gasteiger partial charge in [0, 0.05) is 11.1 Å². The normalized spacial score (nSPS) is 10.5. The molecule has 0 radical (unpaired) electrons. The first-order valence-corrected chi connectivity index (χ1v) is 5.57. The Morgan fingerprint density at radius 2 is 2.40 bits per heavy atom. The molecule has 0 aromatic carbocycles. The van der Waals surface area contributed by atoms with Crippen LogP contribution in [0.3, 0.4) is 0 Å². The highest BCUT2D eigenvalue weighted by Gasteiger charge is 2.03. The van der Waals surface area contributed by atoms with Crippen molar-refractivity contribution in [2.24, 2.45) is 0 Å². The van der Waals surface area contributed by atoms with Gasteiger partial charge in [-0.05, 0) is 13.3 Å². The predicted octanol–water partition coefficient (Wildman–Crippen LogP) is 2.01. The Hall–Kier alpha value is -1.43. The zero-order chi connectivity index (χ0) is 10.7. The highest BCUT2D eigenvalue weighted by atomic mass is 32.1. The summed E-state index contributed by atoms with van der Waals surface area (Å²) in [4.78, 5) is 9.48. The smallest absolute Gasteiger partial charge is 0.321 e. The number of aromatic nitrogens is 3. The monoisotopic (exact) mass is 224 g/mol. The number of nitrogens with one attached hydrogen (secondary N) is 1. The summed E-state index contributed by atoms with van der Waals surface area (Å²) in [5.74, 6) is 0.635. The van der Waals surface area contributed by atoms with Crippen molar-refractivity contribution in [3.63, 3.8) is 0 Å². The molecule has 0 saturated carbocycles. The van der Waals surface area contributed by atoms with Gasteiger partial charge >= 0.3 is 6.01 Å². The second kappa shape index (κ2) is 4.39. The van der Waals surface area contributed by atoms with Crippen LogP contribution in [0, 0.1) is 6.92 Å². The van der Waals surface area contributed by atoms with Gasteiger partial charge in [-0.15, -0.1) is 11.3 Å². The molecule has 0 amide bonds. The SMILES string of the molecule is CCc1ncc(CNc2nc(C)no2)s1. The van der Waals surface area contributed by atoms with E-state index >= 15 is 0 Å². The van der Waals surface area contributed by atoms with Gasteiger partial charge in [0.1, 0.15) is 0 Å². The minimum atomic E-state index is 0.457. The van der Waals surface area contributed by atoms with Gasteiger partial charge in [-0.3, -0.25) is 0 Å². The zero-order valence-electron chi connectivity index (χ0n) is 8.65. The highest BCUT2D eigenvalue weighted by Crippen LogP contribution is 2.14. The third-order valence-corrected chi connectivity index (χ3v) is 2.99. The Balaban J connectivity index is 1.93. The van der Waals surface area contributed by atoms with Crippen LogP contribution in [0.2, 0.25) is 0 Å². The third kappa shape index (κ3) is 2.53. The number of hydrogen-bond donors (Lipinski definition) is 1. The van der Waals surface area contributed by atoms with Crippen molar-refractivity contribution < 1.29 is 4.52 Å². The summed E-state index contributed by atoms with van der Waals surface area (Å²) < 4.78 is 4.93. The molecule has 0 spiro atoms. The number of nitrogens with zero attached hydrogens (tertiary/aromatic N) is 3. The molecule has 6 heteroatoms. The van der Waals surface area contributed by atoms with Gasteiger partial charge in [-0.1, -0.05) is 12.1 Å². The molecule has 2 heterocycles. The molecule has 0 fully saturated rings. The van der Waals surface area contributed by atoms with Crippen molar-refractivity contribution in [1.82, 2.24) is 15.1 Å². The van der Waals surface area contributed by atoms with Crippen LogP contribution in [0.15, 0.2) is 10.7 Å². The van der Waals surface area contributed by atoms with E-state index in [1.165, 1.54) is 4.88 Å². The van der Waals surface area contributed by atoms with E-state index in [2.05, 4.69) is 27.4 Å². The molecule has 2 aromatic rings. The van der Waals surface area contributed by atoms with E-state index in [0.717, 1.165) is 11.4 Å². The molecule has 0 aliphatic carbocycles. The highest BCUT2D eigenvalue weighted by molar-refractivity contribution is 7.11. The molecule has 0 atom stereocenters. The standard InChI is InChI=1S/C9H12N4OS/c1-3-8-10-4-7(15-8)5-11-9-12-6(2)13-14-9/h4H,3,5H2,1-2H3,(H,11,12,13). The predicted molar refractivity (Wildman–Crippen MR) is 57.9 cm³/mol. The Kier molecular flexibility index (Phi) is 2.96. The molecule has 0 bridgehead atoms. The summed E-state index contributed by atoms with van der Waals surface area (Å²) >= 11 is 1.70. The average Bonchev–Trinajstić information content (AvgIpc) is 2.83. The van der Waals surface area contributed by atoms with Gasteiger partial charge in [-0.25, -0.2) is 4.98 Å². The molecule has 2 aromatic heterocycles. The Bertz CT molecular complexity index is 437. The molecule has 0 aliphatic heterocycles. The Morgan fingerprint density at radius 3 is 3.00 bits per heavy atom. The zero-order valence-corrected chi connectivity index (χ0v) is 9.47. The van der Waals surface area contributed by atoms with Gasteiger partial charge in [-0.2, -0.15) is 4.98 Å². The second-order valence-corrected chi connectivity index (χ2v) is 4.27. The maximum atomic E-state index is 4.93. The molecule has 1 N–H and O–H groups in total. The van der Waals surface area contributed by atoms with Crippen LogP contribution in [-0.2, 0) is 13.0 Å². The fourth-order valence-electron chi connectivity index (χ4n) is 1.12. The minimum Gasteiger partial charge on any atom is -0.333 e. The van der Waals surface area contributed by atoms with Crippen LogP contribution in [0.25, 0.3) is 0 Å². The van der Waals surface area contributed by atoms with Crippen LogP contribution in [-0.4, -0.2) is 15.1 Å². The summed E-state index contributed by atoms with van der Waals surface area (Å²) in [5, 5.41) is 7.89. The fraction of sp³-hybridized carbons (Fsp3) is 0.444. The molecule has 5 nitrogen and oxygen atoms in total. The second-order valence-electron chi connectivity index (χ2n) is 3.07. The number of anilines is 1. The molecular weight excluding hydrogens is 212 g/mol. The fourth-order valence-corrected chi connectivity index (χ4v) is 1.93. The van der Waals surface area contributed by atoms with Crippen molar-refractivity contribution in [1.29, 1.82) is 0 Å². The van der Waals surface area contributed by atoms with Crippen molar-refractivity contribution >= 4 is 17.4 Å². The molecule has 2 rings (SSSR count). The number of rotatable bonds is 4. The van der Waals surface area contributed by atoms with E-state index in [0.29, 0.717) is 18.4 Å².